The van der Waals surface area contributed by atoms with Gasteiger partial charge in [-0.05, 0) is 76.8 Å². The normalized spacial score (nSPS) is 17.9. The molecule has 2 rings (SSSR count). The van der Waals surface area contributed by atoms with Crippen molar-refractivity contribution in [2.45, 2.75) is 12.8 Å². The first kappa shape index (κ1) is 14.5. The summed E-state index contributed by atoms with van der Waals surface area (Å²) in [4.78, 5) is 15.1. The van der Waals surface area contributed by atoms with E-state index in [1.165, 1.54) is 24.2 Å². The molecule has 18 heavy (non-hydrogen) atoms. The van der Waals surface area contributed by atoms with E-state index in [9.17, 15) is 4.79 Å². The van der Waals surface area contributed by atoms with Crippen LogP contribution in [0.1, 0.15) is 22.5 Å². The maximum atomic E-state index is 12.0. The van der Waals surface area contributed by atoms with E-state index in [0.717, 1.165) is 32.8 Å². The molecular formula is C12H16Br2N2OS. The number of nitrogens with one attached hydrogen (secondary N) is 1. The molecule has 1 saturated heterocycles. The van der Waals surface area contributed by atoms with Crippen LogP contribution in [-0.2, 0) is 0 Å². The Balaban J connectivity index is 1.81. The van der Waals surface area contributed by atoms with Crippen LogP contribution in [-0.4, -0.2) is 37.5 Å². The van der Waals surface area contributed by atoms with Crippen molar-refractivity contribution in [3.05, 3.63) is 19.2 Å². The standard InChI is InChI=1S/C12H16Br2N2OS/c1-16-4-2-8(3-5-16)7-15-12(17)10-6-9(13)11(14)18-10/h6,8H,2-5,7H2,1H3,(H,15,17). The highest BCUT2D eigenvalue weighted by Gasteiger charge is 2.18. The maximum Gasteiger partial charge on any atom is 0.261 e. The van der Waals surface area contributed by atoms with Crippen LogP contribution in [0.15, 0.2) is 14.3 Å². The molecule has 0 unspecified atom stereocenters. The monoisotopic (exact) mass is 394 g/mol. The number of halogens is 2. The molecule has 100 valence electrons. The van der Waals surface area contributed by atoms with Gasteiger partial charge in [-0.25, -0.2) is 0 Å². The van der Waals surface area contributed by atoms with Crippen molar-refractivity contribution in [3.63, 3.8) is 0 Å². The van der Waals surface area contributed by atoms with Crippen LogP contribution in [0.25, 0.3) is 0 Å². The number of piperidine rings is 1. The van der Waals surface area contributed by atoms with Crippen LogP contribution in [0, 0.1) is 5.92 Å². The summed E-state index contributed by atoms with van der Waals surface area (Å²) >= 11 is 8.26. The average Bonchev–Trinajstić information content (AvgIpc) is 2.69. The molecule has 1 amide bonds. The van der Waals surface area contributed by atoms with E-state index < -0.39 is 0 Å². The summed E-state index contributed by atoms with van der Waals surface area (Å²) in [5.41, 5.74) is 0. The van der Waals surface area contributed by atoms with Gasteiger partial charge in [-0.15, -0.1) is 11.3 Å². The number of carbonyl (C=O) groups excluding carboxylic acids is 1. The summed E-state index contributed by atoms with van der Waals surface area (Å²) in [5.74, 6) is 0.655. The average molecular weight is 396 g/mol. The Morgan fingerprint density at radius 1 is 1.50 bits per heavy atom. The summed E-state index contributed by atoms with van der Waals surface area (Å²) < 4.78 is 1.91. The third-order valence-corrected chi connectivity index (χ3v) is 6.51. The van der Waals surface area contributed by atoms with E-state index in [2.05, 4.69) is 49.1 Å². The lowest BCUT2D eigenvalue weighted by molar-refractivity contribution is 0.0943. The van der Waals surface area contributed by atoms with Crippen LogP contribution < -0.4 is 5.32 Å². The molecule has 6 heteroatoms. The molecule has 0 saturated carbocycles. The van der Waals surface area contributed by atoms with Crippen LogP contribution in [0.5, 0.6) is 0 Å². The Bertz CT molecular complexity index is 408. The van der Waals surface area contributed by atoms with Crippen LogP contribution in [0.2, 0.25) is 0 Å². The lowest BCUT2D eigenvalue weighted by atomic mass is 9.97. The van der Waals surface area contributed by atoms with Gasteiger partial charge in [0.05, 0.1) is 8.66 Å². The molecular weight excluding hydrogens is 380 g/mol. The fourth-order valence-corrected chi connectivity index (χ4v) is 4.00. The smallest absolute Gasteiger partial charge is 0.261 e. The Morgan fingerprint density at radius 3 is 2.72 bits per heavy atom. The van der Waals surface area contributed by atoms with Gasteiger partial charge in [-0.1, -0.05) is 0 Å². The minimum absolute atomic E-state index is 0.0327. The molecule has 0 atom stereocenters. The van der Waals surface area contributed by atoms with Gasteiger partial charge >= 0.3 is 0 Å². The fourth-order valence-electron chi connectivity index (χ4n) is 2.05. The van der Waals surface area contributed by atoms with E-state index in [1.807, 2.05) is 6.07 Å². The number of carbonyl (C=O) groups is 1. The SMILES string of the molecule is CN1CCC(CNC(=O)c2cc(Br)c(Br)s2)CC1. The largest absolute Gasteiger partial charge is 0.351 e. The van der Waals surface area contributed by atoms with Gasteiger partial charge in [0, 0.05) is 11.0 Å². The minimum Gasteiger partial charge on any atom is -0.351 e. The number of amides is 1. The second-order valence-corrected chi connectivity index (χ2v) is 7.91. The van der Waals surface area contributed by atoms with E-state index in [4.69, 9.17) is 0 Å². The van der Waals surface area contributed by atoms with E-state index in [0.29, 0.717) is 5.92 Å². The molecule has 1 aromatic rings. The summed E-state index contributed by atoms with van der Waals surface area (Å²) in [6.07, 6.45) is 2.35. The van der Waals surface area contributed by atoms with Gasteiger partial charge in [-0.3, -0.25) is 4.79 Å². The molecule has 1 aromatic heterocycles. The second-order valence-electron chi connectivity index (χ2n) is 4.69. The molecule has 1 aliphatic heterocycles. The first-order valence-corrected chi connectivity index (χ1v) is 8.38. The fraction of sp³-hybridized carbons (Fsp3) is 0.583. The highest BCUT2D eigenvalue weighted by atomic mass is 79.9. The summed E-state index contributed by atoms with van der Waals surface area (Å²) in [7, 11) is 2.15. The van der Waals surface area contributed by atoms with Gasteiger partial charge in [-0.2, -0.15) is 0 Å². The lowest BCUT2D eigenvalue weighted by Crippen LogP contribution is -2.36. The third kappa shape index (κ3) is 3.79. The van der Waals surface area contributed by atoms with Gasteiger partial charge in [0.15, 0.2) is 0 Å². The van der Waals surface area contributed by atoms with E-state index >= 15 is 0 Å². The topological polar surface area (TPSA) is 32.3 Å². The first-order valence-electron chi connectivity index (χ1n) is 5.98. The first-order chi connectivity index (χ1) is 8.56. The summed E-state index contributed by atoms with van der Waals surface area (Å²) in [5, 5.41) is 3.04. The maximum absolute atomic E-state index is 12.0. The molecule has 3 nitrogen and oxygen atoms in total. The summed E-state index contributed by atoms with van der Waals surface area (Å²) in [6, 6.07) is 1.86. The van der Waals surface area contributed by atoms with Gasteiger partial charge < -0.3 is 10.2 Å². The van der Waals surface area contributed by atoms with Crippen molar-refractivity contribution in [3.8, 4) is 0 Å². The molecule has 2 heterocycles. The highest BCUT2D eigenvalue weighted by molar-refractivity contribution is 9.13. The number of nitrogens with zero attached hydrogens (tertiary/aromatic N) is 1. The molecule has 0 aliphatic carbocycles. The third-order valence-electron chi connectivity index (χ3n) is 3.26. The number of likely N-dealkylation sites (tertiary alicyclic amines) is 1. The zero-order chi connectivity index (χ0) is 13.1. The van der Waals surface area contributed by atoms with E-state index in [1.54, 1.807) is 0 Å². The molecule has 0 spiro atoms. The van der Waals surface area contributed by atoms with Crippen molar-refractivity contribution in [1.29, 1.82) is 0 Å². The van der Waals surface area contributed by atoms with Crippen molar-refractivity contribution in [2.75, 3.05) is 26.7 Å². The highest BCUT2D eigenvalue weighted by Crippen LogP contribution is 2.32. The van der Waals surface area contributed by atoms with Crippen molar-refractivity contribution >= 4 is 49.1 Å². The Morgan fingerprint density at radius 2 is 2.17 bits per heavy atom. The molecule has 0 aromatic carbocycles. The quantitative estimate of drug-likeness (QED) is 0.850. The second kappa shape index (κ2) is 6.50. The Labute approximate surface area is 128 Å². The van der Waals surface area contributed by atoms with Gasteiger partial charge in [0.25, 0.3) is 5.91 Å². The van der Waals surface area contributed by atoms with Crippen molar-refractivity contribution < 1.29 is 4.79 Å². The molecule has 1 N–H and O–H groups in total. The predicted molar refractivity (Wildman–Crippen MR) is 82.3 cm³/mol. The zero-order valence-electron chi connectivity index (χ0n) is 10.2. The van der Waals surface area contributed by atoms with Crippen molar-refractivity contribution in [1.82, 2.24) is 10.2 Å². The van der Waals surface area contributed by atoms with E-state index in [-0.39, 0.29) is 5.91 Å². The number of hydrogen-bond donors (Lipinski definition) is 1. The van der Waals surface area contributed by atoms with Gasteiger partial charge in [0.2, 0.25) is 0 Å². The number of rotatable bonds is 3. The van der Waals surface area contributed by atoms with Gasteiger partial charge in [0.1, 0.15) is 0 Å². The molecule has 0 radical (unpaired) electrons. The zero-order valence-corrected chi connectivity index (χ0v) is 14.2. The van der Waals surface area contributed by atoms with Crippen molar-refractivity contribution in [2.24, 2.45) is 5.92 Å². The number of thiophene rings is 1. The predicted octanol–water partition coefficient (Wildman–Crippen LogP) is 3.34. The summed E-state index contributed by atoms with van der Waals surface area (Å²) in [6.45, 7) is 3.06. The van der Waals surface area contributed by atoms with Crippen LogP contribution in [0.4, 0.5) is 0 Å². The van der Waals surface area contributed by atoms with Crippen LogP contribution >= 0.6 is 43.2 Å². The number of hydrogen-bond acceptors (Lipinski definition) is 3. The lowest BCUT2D eigenvalue weighted by Gasteiger charge is -2.28. The molecule has 1 fully saturated rings. The van der Waals surface area contributed by atoms with Crippen LogP contribution in [0.3, 0.4) is 0 Å². The minimum atomic E-state index is 0.0327. The Kier molecular flexibility index (Phi) is 5.24. The molecule has 0 bridgehead atoms. The molecule has 1 aliphatic rings. The Hall–Kier alpha value is 0.0900.